The fourth-order valence-corrected chi connectivity index (χ4v) is 2.80. The molecule has 6 heteroatoms. The van der Waals surface area contributed by atoms with Gasteiger partial charge in [-0.25, -0.2) is 8.42 Å². The van der Waals surface area contributed by atoms with Crippen LogP contribution in [0.4, 0.5) is 11.4 Å². The van der Waals surface area contributed by atoms with E-state index in [1.807, 2.05) is 37.3 Å². The van der Waals surface area contributed by atoms with Gasteiger partial charge >= 0.3 is 0 Å². The van der Waals surface area contributed by atoms with Gasteiger partial charge in [-0.3, -0.25) is 9.52 Å². The van der Waals surface area contributed by atoms with Crippen LogP contribution in [0.5, 0.6) is 0 Å². The summed E-state index contributed by atoms with van der Waals surface area (Å²) < 4.78 is 26.7. The monoisotopic (exact) mass is 330 g/mol. The normalized spacial score (nSPS) is 11.4. The summed E-state index contributed by atoms with van der Waals surface area (Å²) in [5, 5.41) is 3.78. The van der Waals surface area contributed by atoms with Gasteiger partial charge in [0.1, 0.15) is 0 Å². The summed E-state index contributed by atoms with van der Waals surface area (Å²) in [6.07, 6.45) is 1.52. The van der Waals surface area contributed by atoms with Crippen LogP contribution in [-0.2, 0) is 14.8 Å². The molecule has 0 aliphatic rings. The molecule has 2 N–H and O–H groups in total. The molecular formula is C17H18N2O3S. The largest absolute Gasteiger partial charge is 0.326 e. The van der Waals surface area contributed by atoms with E-state index in [9.17, 15) is 13.2 Å². The van der Waals surface area contributed by atoms with Crippen molar-refractivity contribution in [2.75, 3.05) is 10.0 Å². The Morgan fingerprint density at radius 1 is 1.09 bits per heavy atom. The highest BCUT2D eigenvalue weighted by Gasteiger charge is 2.08. The first-order chi connectivity index (χ1) is 10.9. The van der Waals surface area contributed by atoms with Gasteiger partial charge in [-0.15, -0.1) is 0 Å². The Hall–Kier alpha value is -2.60. The van der Waals surface area contributed by atoms with E-state index < -0.39 is 10.0 Å². The van der Waals surface area contributed by atoms with Crippen LogP contribution in [0, 0.1) is 6.92 Å². The third-order valence-electron chi connectivity index (χ3n) is 3.05. The number of carbonyl (C=O) groups excluding carboxylic acids is 1. The zero-order valence-electron chi connectivity index (χ0n) is 12.9. The molecule has 0 heterocycles. The summed E-state index contributed by atoms with van der Waals surface area (Å²) >= 11 is 0. The summed E-state index contributed by atoms with van der Waals surface area (Å²) in [5.74, 6) is -0.211. The van der Waals surface area contributed by atoms with Crippen LogP contribution in [0.15, 0.2) is 53.9 Å². The molecule has 5 nitrogen and oxygen atoms in total. The van der Waals surface area contributed by atoms with Gasteiger partial charge in [-0.2, -0.15) is 0 Å². The molecule has 0 fully saturated rings. The highest BCUT2D eigenvalue weighted by atomic mass is 32.2. The van der Waals surface area contributed by atoms with Gasteiger partial charge in [-0.05, 0) is 36.3 Å². The van der Waals surface area contributed by atoms with Crippen molar-refractivity contribution >= 4 is 33.4 Å². The van der Waals surface area contributed by atoms with Crippen molar-refractivity contribution < 1.29 is 13.2 Å². The molecule has 0 aliphatic carbocycles. The van der Waals surface area contributed by atoms with Crippen LogP contribution in [0.25, 0.3) is 6.08 Å². The molecule has 0 saturated heterocycles. The average Bonchev–Trinajstić information content (AvgIpc) is 2.49. The molecule has 2 aromatic rings. The maximum Gasteiger partial charge on any atom is 0.255 e. The molecule has 0 spiro atoms. The molecule has 23 heavy (non-hydrogen) atoms. The second-order valence-corrected chi connectivity index (χ2v) is 6.64. The molecule has 2 aromatic carbocycles. The Bertz CT molecular complexity index is 828. The Kier molecular flexibility index (Phi) is 5.18. The highest BCUT2D eigenvalue weighted by molar-refractivity contribution is 7.95. The van der Waals surface area contributed by atoms with Crippen LogP contribution in [0.2, 0.25) is 0 Å². The summed E-state index contributed by atoms with van der Waals surface area (Å²) in [7, 11) is -3.63. The predicted octanol–water partition coefficient (Wildman–Crippen LogP) is 3.37. The van der Waals surface area contributed by atoms with Crippen molar-refractivity contribution in [2.24, 2.45) is 0 Å². The predicted molar refractivity (Wildman–Crippen MR) is 93.5 cm³/mol. The van der Waals surface area contributed by atoms with Crippen molar-refractivity contribution in [1.82, 2.24) is 0 Å². The molecule has 120 valence electrons. The van der Waals surface area contributed by atoms with Crippen LogP contribution in [0.1, 0.15) is 18.1 Å². The number of sulfonamides is 1. The Morgan fingerprint density at radius 3 is 2.43 bits per heavy atom. The van der Waals surface area contributed by atoms with Gasteiger partial charge in [0, 0.05) is 12.6 Å². The molecular weight excluding hydrogens is 312 g/mol. The molecule has 0 aromatic heterocycles. The van der Waals surface area contributed by atoms with Crippen molar-refractivity contribution in [2.45, 2.75) is 13.8 Å². The van der Waals surface area contributed by atoms with Crippen LogP contribution < -0.4 is 10.0 Å². The third kappa shape index (κ3) is 5.27. The molecule has 0 bridgehead atoms. The van der Waals surface area contributed by atoms with Gasteiger partial charge in [0.25, 0.3) is 10.0 Å². The first-order valence-electron chi connectivity index (χ1n) is 7.00. The molecule has 1 amide bonds. The summed E-state index contributed by atoms with van der Waals surface area (Å²) in [6, 6.07) is 14.1. The number of benzene rings is 2. The van der Waals surface area contributed by atoms with Crippen LogP contribution in [-0.4, -0.2) is 14.3 Å². The van der Waals surface area contributed by atoms with Gasteiger partial charge in [0.15, 0.2) is 0 Å². The number of rotatable bonds is 5. The molecule has 0 radical (unpaired) electrons. The van der Waals surface area contributed by atoms with Crippen molar-refractivity contribution in [3.8, 4) is 0 Å². The van der Waals surface area contributed by atoms with E-state index in [0.29, 0.717) is 11.4 Å². The number of nitrogens with one attached hydrogen (secondary N) is 2. The third-order valence-corrected chi connectivity index (χ3v) is 4.06. The molecule has 2 rings (SSSR count). The van der Waals surface area contributed by atoms with Crippen LogP contribution in [0.3, 0.4) is 0 Å². The average molecular weight is 330 g/mol. The van der Waals surface area contributed by atoms with E-state index in [1.54, 1.807) is 18.2 Å². The van der Waals surface area contributed by atoms with Crippen LogP contribution >= 0.6 is 0 Å². The standard InChI is InChI=1S/C17H18N2O3S/c1-13-8-9-16(12-17(13)18-14(2)20)19-23(21,22)11-10-15-6-4-3-5-7-15/h3-12,19H,1-2H3,(H,18,20)/b11-10+. The number of hydrogen-bond acceptors (Lipinski definition) is 3. The van der Waals surface area contributed by atoms with Gasteiger partial charge in [0.2, 0.25) is 5.91 Å². The van der Waals surface area contributed by atoms with E-state index in [2.05, 4.69) is 10.0 Å². The minimum absolute atomic E-state index is 0.211. The van der Waals surface area contributed by atoms with Gasteiger partial charge in [0.05, 0.1) is 11.1 Å². The van der Waals surface area contributed by atoms with E-state index >= 15 is 0 Å². The molecule has 0 unspecified atom stereocenters. The Labute approximate surface area is 136 Å². The summed E-state index contributed by atoms with van der Waals surface area (Å²) in [6.45, 7) is 3.23. The number of anilines is 2. The number of amides is 1. The second kappa shape index (κ2) is 7.11. The number of hydrogen-bond donors (Lipinski definition) is 2. The summed E-state index contributed by atoms with van der Waals surface area (Å²) in [5.41, 5.74) is 2.60. The first-order valence-corrected chi connectivity index (χ1v) is 8.54. The Balaban J connectivity index is 2.17. The fraction of sp³-hybridized carbons (Fsp3) is 0.118. The zero-order chi connectivity index (χ0) is 16.9. The fourth-order valence-electron chi connectivity index (χ4n) is 1.94. The first kappa shape index (κ1) is 16.8. The lowest BCUT2D eigenvalue weighted by molar-refractivity contribution is -0.114. The van der Waals surface area contributed by atoms with Crippen molar-refractivity contribution in [1.29, 1.82) is 0 Å². The van der Waals surface area contributed by atoms with E-state index in [4.69, 9.17) is 0 Å². The summed E-state index contributed by atoms with van der Waals surface area (Å²) in [4.78, 5) is 11.2. The quantitative estimate of drug-likeness (QED) is 0.882. The maximum absolute atomic E-state index is 12.1. The molecule has 0 atom stereocenters. The van der Waals surface area contributed by atoms with Crippen molar-refractivity contribution in [3.63, 3.8) is 0 Å². The minimum Gasteiger partial charge on any atom is -0.326 e. The lowest BCUT2D eigenvalue weighted by atomic mass is 10.2. The lowest BCUT2D eigenvalue weighted by Gasteiger charge is -2.10. The van der Waals surface area contributed by atoms with Crippen molar-refractivity contribution in [3.05, 3.63) is 65.1 Å². The Morgan fingerprint density at radius 2 is 1.78 bits per heavy atom. The van der Waals surface area contributed by atoms with Gasteiger partial charge < -0.3 is 5.32 Å². The van der Waals surface area contributed by atoms with E-state index in [0.717, 1.165) is 16.5 Å². The molecule has 0 saturated carbocycles. The molecule has 0 aliphatic heterocycles. The minimum atomic E-state index is -3.63. The number of aryl methyl sites for hydroxylation is 1. The van der Waals surface area contributed by atoms with E-state index in [1.165, 1.54) is 13.0 Å². The smallest absolute Gasteiger partial charge is 0.255 e. The van der Waals surface area contributed by atoms with E-state index in [-0.39, 0.29) is 5.91 Å². The zero-order valence-corrected chi connectivity index (χ0v) is 13.7. The topological polar surface area (TPSA) is 75.3 Å². The maximum atomic E-state index is 12.1. The number of carbonyl (C=O) groups is 1. The van der Waals surface area contributed by atoms with Gasteiger partial charge in [-0.1, -0.05) is 36.4 Å². The lowest BCUT2D eigenvalue weighted by Crippen LogP contribution is -2.11. The SMILES string of the molecule is CC(=O)Nc1cc(NS(=O)(=O)/C=C/c2ccccc2)ccc1C. The highest BCUT2D eigenvalue weighted by Crippen LogP contribution is 2.21. The second-order valence-electron chi connectivity index (χ2n) is 5.07.